The van der Waals surface area contributed by atoms with Gasteiger partial charge in [0.05, 0.1) is 0 Å². The van der Waals surface area contributed by atoms with Gasteiger partial charge in [-0.3, -0.25) is 14.0 Å². The van der Waals surface area contributed by atoms with Crippen molar-refractivity contribution in [2.75, 3.05) is 6.26 Å². The molecule has 2 rings (SSSR count). The molecule has 0 aliphatic carbocycles. The van der Waals surface area contributed by atoms with Gasteiger partial charge in [-0.1, -0.05) is 18.2 Å². The SMILES string of the molecule is CS(=O)Cc1cccc(C(=O)NCc2cccnc2)c1. The molecule has 1 N–H and O–H groups in total. The van der Waals surface area contributed by atoms with E-state index >= 15 is 0 Å². The summed E-state index contributed by atoms with van der Waals surface area (Å²) in [6.07, 6.45) is 5.06. The Morgan fingerprint density at radius 3 is 2.75 bits per heavy atom. The second kappa shape index (κ2) is 6.96. The monoisotopic (exact) mass is 288 g/mol. The highest BCUT2D eigenvalue weighted by Gasteiger charge is 2.06. The molecular weight excluding hydrogens is 272 g/mol. The molecule has 0 saturated heterocycles. The van der Waals surface area contributed by atoms with Crippen molar-refractivity contribution in [1.29, 1.82) is 0 Å². The zero-order valence-corrected chi connectivity index (χ0v) is 12.0. The quantitative estimate of drug-likeness (QED) is 0.914. The molecule has 2 aromatic rings. The smallest absolute Gasteiger partial charge is 0.251 e. The highest BCUT2D eigenvalue weighted by molar-refractivity contribution is 7.83. The van der Waals surface area contributed by atoms with Crippen molar-refractivity contribution in [2.45, 2.75) is 12.3 Å². The van der Waals surface area contributed by atoms with Gasteiger partial charge in [0, 0.05) is 47.3 Å². The van der Waals surface area contributed by atoms with Gasteiger partial charge in [0.15, 0.2) is 0 Å². The molecular formula is C15H16N2O2S. The predicted molar refractivity (Wildman–Crippen MR) is 79.6 cm³/mol. The van der Waals surface area contributed by atoms with E-state index in [9.17, 15) is 9.00 Å². The molecule has 1 aromatic carbocycles. The Morgan fingerprint density at radius 2 is 2.05 bits per heavy atom. The van der Waals surface area contributed by atoms with Crippen molar-refractivity contribution in [3.63, 3.8) is 0 Å². The van der Waals surface area contributed by atoms with Gasteiger partial charge in [-0.15, -0.1) is 0 Å². The van der Waals surface area contributed by atoms with E-state index in [4.69, 9.17) is 0 Å². The van der Waals surface area contributed by atoms with Crippen LogP contribution < -0.4 is 5.32 Å². The molecule has 20 heavy (non-hydrogen) atoms. The van der Waals surface area contributed by atoms with Crippen molar-refractivity contribution >= 4 is 16.7 Å². The molecule has 0 saturated carbocycles. The first-order valence-corrected chi connectivity index (χ1v) is 7.94. The van der Waals surface area contributed by atoms with Gasteiger partial charge in [-0.05, 0) is 29.3 Å². The lowest BCUT2D eigenvalue weighted by atomic mass is 10.1. The minimum atomic E-state index is -0.911. The summed E-state index contributed by atoms with van der Waals surface area (Å²) >= 11 is 0. The van der Waals surface area contributed by atoms with E-state index in [0.717, 1.165) is 11.1 Å². The Hall–Kier alpha value is -2.01. The van der Waals surface area contributed by atoms with Crippen molar-refractivity contribution in [2.24, 2.45) is 0 Å². The maximum Gasteiger partial charge on any atom is 0.251 e. The highest BCUT2D eigenvalue weighted by atomic mass is 32.2. The second-order valence-corrected chi connectivity index (χ2v) is 5.90. The Bertz CT molecular complexity index is 614. The molecule has 4 nitrogen and oxygen atoms in total. The average Bonchev–Trinajstić information content (AvgIpc) is 2.45. The van der Waals surface area contributed by atoms with Crippen LogP contribution in [0.4, 0.5) is 0 Å². The fourth-order valence-corrected chi connectivity index (χ4v) is 2.47. The summed E-state index contributed by atoms with van der Waals surface area (Å²) in [5.74, 6) is 0.321. The molecule has 104 valence electrons. The zero-order chi connectivity index (χ0) is 14.4. The Kier molecular flexibility index (Phi) is 5.01. The summed E-state index contributed by atoms with van der Waals surface area (Å²) < 4.78 is 11.2. The molecule has 0 aliphatic heterocycles. The average molecular weight is 288 g/mol. The minimum Gasteiger partial charge on any atom is -0.348 e. The summed E-state index contributed by atoms with van der Waals surface area (Å²) in [5.41, 5.74) is 2.43. The first kappa shape index (κ1) is 14.4. The molecule has 0 aliphatic rings. The van der Waals surface area contributed by atoms with E-state index in [0.29, 0.717) is 17.9 Å². The van der Waals surface area contributed by atoms with Crippen LogP contribution in [0.2, 0.25) is 0 Å². The predicted octanol–water partition coefficient (Wildman–Crippen LogP) is 1.89. The van der Waals surface area contributed by atoms with E-state index in [1.807, 2.05) is 18.2 Å². The van der Waals surface area contributed by atoms with E-state index in [1.54, 1.807) is 36.8 Å². The third kappa shape index (κ3) is 4.28. The molecule has 1 atom stereocenters. The van der Waals surface area contributed by atoms with Gasteiger partial charge in [0.2, 0.25) is 0 Å². The fraction of sp³-hybridized carbons (Fsp3) is 0.200. The van der Waals surface area contributed by atoms with Crippen LogP contribution in [0.25, 0.3) is 0 Å². The van der Waals surface area contributed by atoms with E-state index in [-0.39, 0.29) is 5.91 Å². The third-order valence-electron chi connectivity index (χ3n) is 2.73. The fourth-order valence-electron chi connectivity index (χ4n) is 1.82. The van der Waals surface area contributed by atoms with Crippen LogP contribution in [0, 0.1) is 0 Å². The van der Waals surface area contributed by atoms with Crippen molar-refractivity contribution < 1.29 is 9.00 Å². The topological polar surface area (TPSA) is 59.1 Å². The van der Waals surface area contributed by atoms with Crippen molar-refractivity contribution in [3.05, 3.63) is 65.5 Å². The molecule has 5 heteroatoms. The summed E-state index contributed by atoms with van der Waals surface area (Å²) in [5, 5.41) is 2.84. The highest BCUT2D eigenvalue weighted by Crippen LogP contribution is 2.08. The largest absolute Gasteiger partial charge is 0.348 e. The first-order chi connectivity index (χ1) is 9.65. The van der Waals surface area contributed by atoms with Crippen LogP contribution in [0.3, 0.4) is 0 Å². The maximum atomic E-state index is 12.0. The van der Waals surface area contributed by atoms with Crippen LogP contribution in [-0.2, 0) is 23.1 Å². The number of aromatic nitrogens is 1. The Labute approximate surface area is 120 Å². The number of hydrogen-bond donors (Lipinski definition) is 1. The lowest BCUT2D eigenvalue weighted by Gasteiger charge is -2.06. The molecule has 1 amide bonds. The van der Waals surface area contributed by atoms with Gasteiger partial charge in [-0.2, -0.15) is 0 Å². The van der Waals surface area contributed by atoms with Gasteiger partial charge in [-0.25, -0.2) is 0 Å². The number of nitrogens with zero attached hydrogens (tertiary/aromatic N) is 1. The normalized spacial score (nSPS) is 11.8. The number of carbonyl (C=O) groups is 1. The van der Waals surface area contributed by atoms with E-state index in [1.165, 1.54) is 0 Å². The van der Waals surface area contributed by atoms with Crippen LogP contribution in [0.5, 0.6) is 0 Å². The number of nitrogens with one attached hydrogen (secondary N) is 1. The molecule has 1 aromatic heterocycles. The zero-order valence-electron chi connectivity index (χ0n) is 11.2. The second-order valence-electron chi connectivity index (χ2n) is 4.46. The number of amides is 1. The summed E-state index contributed by atoms with van der Waals surface area (Å²) in [7, 11) is -0.911. The van der Waals surface area contributed by atoms with E-state index < -0.39 is 10.8 Å². The first-order valence-electron chi connectivity index (χ1n) is 6.21. The summed E-state index contributed by atoms with van der Waals surface area (Å²) in [6, 6.07) is 10.9. The van der Waals surface area contributed by atoms with Gasteiger partial charge < -0.3 is 5.32 Å². The summed E-state index contributed by atoms with van der Waals surface area (Å²) in [6.45, 7) is 0.441. The molecule has 0 spiro atoms. The van der Waals surface area contributed by atoms with Gasteiger partial charge in [0.25, 0.3) is 5.91 Å². The molecule has 0 fully saturated rings. The molecule has 0 bridgehead atoms. The maximum absolute atomic E-state index is 12.0. The van der Waals surface area contributed by atoms with E-state index in [2.05, 4.69) is 10.3 Å². The standard InChI is InChI=1S/C15H16N2O2S/c1-20(19)11-12-4-2-6-14(8-12)15(18)17-10-13-5-3-7-16-9-13/h2-9H,10-11H2,1H3,(H,17,18). The third-order valence-corrected chi connectivity index (χ3v) is 3.47. The lowest BCUT2D eigenvalue weighted by molar-refractivity contribution is 0.0951. The molecule has 1 unspecified atom stereocenters. The minimum absolute atomic E-state index is 0.141. The van der Waals surface area contributed by atoms with Crippen LogP contribution in [0.15, 0.2) is 48.8 Å². The number of benzene rings is 1. The number of rotatable bonds is 5. The van der Waals surface area contributed by atoms with Crippen LogP contribution >= 0.6 is 0 Å². The molecule has 0 radical (unpaired) electrons. The lowest BCUT2D eigenvalue weighted by Crippen LogP contribution is -2.22. The van der Waals surface area contributed by atoms with Crippen molar-refractivity contribution in [1.82, 2.24) is 10.3 Å². The number of pyridine rings is 1. The Balaban J connectivity index is 2.00. The van der Waals surface area contributed by atoms with Gasteiger partial charge in [0.1, 0.15) is 0 Å². The summed E-state index contributed by atoms with van der Waals surface area (Å²) in [4.78, 5) is 16.0. The number of carbonyl (C=O) groups excluding carboxylic acids is 1. The molecule has 1 heterocycles. The van der Waals surface area contributed by atoms with Crippen molar-refractivity contribution in [3.8, 4) is 0 Å². The van der Waals surface area contributed by atoms with Crippen LogP contribution in [0.1, 0.15) is 21.5 Å². The van der Waals surface area contributed by atoms with Crippen LogP contribution in [-0.4, -0.2) is 21.4 Å². The van der Waals surface area contributed by atoms with Gasteiger partial charge >= 0.3 is 0 Å². The number of hydrogen-bond acceptors (Lipinski definition) is 3. The Morgan fingerprint density at radius 1 is 1.25 bits per heavy atom.